The number of methoxy groups -OCH3 is 1. The van der Waals surface area contributed by atoms with Crippen molar-refractivity contribution in [2.75, 3.05) is 25.6 Å². The number of amides is 1. The Balaban J connectivity index is 2.13. The highest BCUT2D eigenvalue weighted by Gasteiger charge is 2.25. The Morgan fingerprint density at radius 1 is 1.50 bits per heavy atom. The molecule has 7 nitrogen and oxygen atoms in total. The molecule has 2 N–H and O–H groups in total. The lowest BCUT2D eigenvalue weighted by atomic mass is 10.1. The van der Waals surface area contributed by atoms with Gasteiger partial charge in [0, 0.05) is 31.3 Å². The van der Waals surface area contributed by atoms with E-state index in [9.17, 15) is 14.9 Å². The van der Waals surface area contributed by atoms with E-state index in [1.165, 1.54) is 6.07 Å². The summed E-state index contributed by atoms with van der Waals surface area (Å²) < 4.78 is 4.88. The van der Waals surface area contributed by atoms with Crippen LogP contribution in [-0.4, -0.2) is 37.1 Å². The number of carbonyl (C=O) groups excluding carboxylic acids is 1. The standard InChI is InChI=1S/C13H17N3O4/c1-20-7-6-14-11-5-2-9(8-12(11)16(18)19)13(17)15-10-3-4-10/h2,5,8,10,14H,3-4,6-7H2,1H3,(H,15,17). The zero-order chi connectivity index (χ0) is 14.5. The van der Waals surface area contributed by atoms with Crippen molar-refractivity contribution in [1.29, 1.82) is 0 Å². The summed E-state index contributed by atoms with van der Waals surface area (Å²) in [7, 11) is 1.56. The number of nitro groups is 1. The highest BCUT2D eigenvalue weighted by Crippen LogP contribution is 2.26. The van der Waals surface area contributed by atoms with Crippen LogP contribution >= 0.6 is 0 Å². The van der Waals surface area contributed by atoms with E-state index in [4.69, 9.17) is 4.74 Å². The van der Waals surface area contributed by atoms with Crippen molar-refractivity contribution in [2.45, 2.75) is 18.9 Å². The molecule has 0 saturated heterocycles. The third-order valence-corrected chi connectivity index (χ3v) is 2.99. The van der Waals surface area contributed by atoms with Gasteiger partial charge in [0.25, 0.3) is 11.6 Å². The SMILES string of the molecule is COCCNc1ccc(C(=O)NC2CC2)cc1[N+](=O)[O-]. The zero-order valence-corrected chi connectivity index (χ0v) is 11.2. The van der Waals surface area contributed by atoms with Gasteiger partial charge in [-0.05, 0) is 25.0 Å². The normalized spacial score (nSPS) is 13.8. The fourth-order valence-corrected chi connectivity index (χ4v) is 1.76. The van der Waals surface area contributed by atoms with E-state index in [1.807, 2.05) is 0 Å². The molecule has 20 heavy (non-hydrogen) atoms. The smallest absolute Gasteiger partial charge is 0.293 e. The van der Waals surface area contributed by atoms with Gasteiger partial charge >= 0.3 is 0 Å². The van der Waals surface area contributed by atoms with Crippen LogP contribution in [0, 0.1) is 10.1 Å². The number of nitrogens with zero attached hydrogens (tertiary/aromatic N) is 1. The molecule has 0 aromatic heterocycles. The van der Waals surface area contributed by atoms with Gasteiger partial charge in [-0.3, -0.25) is 14.9 Å². The lowest BCUT2D eigenvalue weighted by Crippen LogP contribution is -2.25. The van der Waals surface area contributed by atoms with Gasteiger partial charge in [-0.2, -0.15) is 0 Å². The lowest BCUT2D eigenvalue weighted by Gasteiger charge is -2.08. The number of benzene rings is 1. The Labute approximate surface area is 116 Å². The molecule has 1 saturated carbocycles. The van der Waals surface area contributed by atoms with Crippen LogP contribution < -0.4 is 10.6 Å². The van der Waals surface area contributed by atoms with Gasteiger partial charge in [0.2, 0.25) is 0 Å². The van der Waals surface area contributed by atoms with Gasteiger partial charge in [0.15, 0.2) is 0 Å². The molecule has 0 spiro atoms. The summed E-state index contributed by atoms with van der Waals surface area (Å²) in [5.41, 5.74) is 0.584. The average Bonchev–Trinajstić information content (AvgIpc) is 3.23. The molecule has 1 aliphatic carbocycles. The van der Waals surface area contributed by atoms with E-state index in [-0.39, 0.29) is 17.6 Å². The van der Waals surface area contributed by atoms with E-state index in [2.05, 4.69) is 10.6 Å². The Morgan fingerprint density at radius 3 is 2.85 bits per heavy atom. The van der Waals surface area contributed by atoms with Crippen LogP contribution in [0.5, 0.6) is 0 Å². The zero-order valence-electron chi connectivity index (χ0n) is 11.2. The molecule has 1 amide bonds. The van der Waals surface area contributed by atoms with Crippen LogP contribution in [0.2, 0.25) is 0 Å². The molecular formula is C13H17N3O4. The van der Waals surface area contributed by atoms with Crippen molar-refractivity contribution in [1.82, 2.24) is 5.32 Å². The largest absolute Gasteiger partial charge is 0.383 e. The predicted octanol–water partition coefficient (Wildman–Crippen LogP) is 1.55. The minimum atomic E-state index is -0.497. The minimum Gasteiger partial charge on any atom is -0.383 e. The summed E-state index contributed by atoms with van der Waals surface area (Å²) in [5, 5.41) is 16.8. The first-order valence-electron chi connectivity index (χ1n) is 6.44. The third kappa shape index (κ3) is 3.67. The van der Waals surface area contributed by atoms with Crippen LogP contribution in [0.3, 0.4) is 0 Å². The number of hydrogen-bond acceptors (Lipinski definition) is 5. The molecule has 1 fully saturated rings. The highest BCUT2D eigenvalue weighted by atomic mass is 16.6. The van der Waals surface area contributed by atoms with Crippen molar-refractivity contribution in [2.24, 2.45) is 0 Å². The molecule has 2 rings (SSSR count). The summed E-state index contributed by atoms with van der Waals surface area (Å²) in [5.74, 6) is -0.265. The summed E-state index contributed by atoms with van der Waals surface area (Å²) >= 11 is 0. The number of hydrogen-bond donors (Lipinski definition) is 2. The molecule has 0 atom stereocenters. The van der Waals surface area contributed by atoms with Crippen LogP contribution in [0.25, 0.3) is 0 Å². The summed E-state index contributed by atoms with van der Waals surface area (Å²) in [6, 6.07) is 4.66. The van der Waals surface area contributed by atoms with Crippen molar-refractivity contribution < 1.29 is 14.5 Å². The first kappa shape index (κ1) is 14.3. The maximum Gasteiger partial charge on any atom is 0.293 e. The van der Waals surface area contributed by atoms with E-state index >= 15 is 0 Å². The highest BCUT2D eigenvalue weighted by molar-refractivity contribution is 5.96. The molecule has 0 unspecified atom stereocenters. The third-order valence-electron chi connectivity index (χ3n) is 2.99. The van der Waals surface area contributed by atoms with Crippen LogP contribution in [-0.2, 0) is 4.74 Å². The van der Waals surface area contributed by atoms with Crippen LogP contribution in [0.15, 0.2) is 18.2 Å². The van der Waals surface area contributed by atoms with Gasteiger partial charge in [0.05, 0.1) is 11.5 Å². The molecular weight excluding hydrogens is 262 g/mol. The molecule has 7 heteroatoms. The van der Waals surface area contributed by atoms with Gasteiger partial charge in [-0.25, -0.2) is 0 Å². The molecule has 0 aliphatic heterocycles. The summed E-state index contributed by atoms with van der Waals surface area (Å²) in [4.78, 5) is 22.4. The van der Waals surface area contributed by atoms with Crippen LogP contribution in [0.4, 0.5) is 11.4 Å². The molecule has 1 aromatic rings. The predicted molar refractivity (Wildman–Crippen MR) is 74.0 cm³/mol. The molecule has 1 aliphatic rings. The van der Waals surface area contributed by atoms with E-state index < -0.39 is 4.92 Å². The number of anilines is 1. The van der Waals surface area contributed by atoms with Crippen molar-refractivity contribution in [3.05, 3.63) is 33.9 Å². The quantitative estimate of drug-likeness (QED) is 0.448. The van der Waals surface area contributed by atoms with Gasteiger partial charge < -0.3 is 15.4 Å². The molecule has 108 valence electrons. The fraction of sp³-hybridized carbons (Fsp3) is 0.462. The van der Waals surface area contributed by atoms with Crippen LogP contribution in [0.1, 0.15) is 23.2 Å². The van der Waals surface area contributed by atoms with Crippen molar-refractivity contribution >= 4 is 17.3 Å². The number of rotatable bonds is 7. The maximum absolute atomic E-state index is 11.9. The summed E-state index contributed by atoms with van der Waals surface area (Å²) in [6.45, 7) is 0.909. The molecule has 0 radical (unpaired) electrons. The van der Waals surface area contributed by atoms with Gasteiger partial charge in [0.1, 0.15) is 5.69 Å². The second kappa shape index (κ2) is 6.33. The van der Waals surface area contributed by atoms with E-state index in [0.29, 0.717) is 24.4 Å². The fourth-order valence-electron chi connectivity index (χ4n) is 1.76. The number of nitrogens with one attached hydrogen (secondary N) is 2. The molecule has 0 bridgehead atoms. The second-order valence-corrected chi connectivity index (χ2v) is 4.66. The monoisotopic (exact) mass is 279 g/mol. The number of nitro benzene ring substituents is 1. The Hall–Kier alpha value is -2.15. The summed E-state index contributed by atoms with van der Waals surface area (Å²) in [6.07, 6.45) is 1.95. The minimum absolute atomic E-state index is 0.107. The number of carbonyl (C=O) groups is 1. The first-order chi connectivity index (χ1) is 9.61. The topological polar surface area (TPSA) is 93.5 Å². The van der Waals surface area contributed by atoms with E-state index in [1.54, 1.807) is 19.2 Å². The first-order valence-corrected chi connectivity index (χ1v) is 6.44. The second-order valence-electron chi connectivity index (χ2n) is 4.66. The molecule has 1 aromatic carbocycles. The Kier molecular flexibility index (Phi) is 4.52. The van der Waals surface area contributed by atoms with E-state index in [0.717, 1.165) is 12.8 Å². The molecule has 0 heterocycles. The van der Waals surface area contributed by atoms with Crippen molar-refractivity contribution in [3.8, 4) is 0 Å². The van der Waals surface area contributed by atoms with Gasteiger partial charge in [-0.15, -0.1) is 0 Å². The maximum atomic E-state index is 11.9. The number of ether oxygens (including phenoxy) is 1. The van der Waals surface area contributed by atoms with Gasteiger partial charge in [-0.1, -0.05) is 0 Å². The van der Waals surface area contributed by atoms with Crippen molar-refractivity contribution in [3.63, 3.8) is 0 Å². The average molecular weight is 279 g/mol. The lowest BCUT2D eigenvalue weighted by molar-refractivity contribution is -0.384. The Morgan fingerprint density at radius 2 is 2.25 bits per heavy atom. The Bertz CT molecular complexity index is 514.